The van der Waals surface area contributed by atoms with Crippen molar-refractivity contribution in [3.8, 4) is 6.07 Å². The van der Waals surface area contributed by atoms with Crippen molar-refractivity contribution >= 4 is 17.3 Å². The van der Waals surface area contributed by atoms with Gasteiger partial charge >= 0.3 is 0 Å². The fourth-order valence-electron chi connectivity index (χ4n) is 1.94. The fourth-order valence-corrected chi connectivity index (χ4v) is 2.12. The summed E-state index contributed by atoms with van der Waals surface area (Å²) >= 11 is 5.96. The second-order valence-corrected chi connectivity index (χ2v) is 4.34. The summed E-state index contributed by atoms with van der Waals surface area (Å²) in [4.78, 5) is 4.47. The molecule has 1 aromatic rings. The van der Waals surface area contributed by atoms with E-state index < -0.39 is 0 Å². The van der Waals surface area contributed by atoms with Gasteiger partial charge in [-0.25, -0.2) is 0 Å². The molecule has 1 aromatic carbocycles. The Morgan fingerprint density at radius 1 is 1.25 bits per heavy atom. The van der Waals surface area contributed by atoms with E-state index in [9.17, 15) is 0 Å². The molecule has 1 fully saturated rings. The van der Waals surface area contributed by atoms with Crippen LogP contribution in [0.2, 0.25) is 5.02 Å². The minimum atomic E-state index is 0.531. The Kier molecular flexibility index (Phi) is 3.66. The Bertz CT molecular complexity index is 391. The Hall–Kier alpha value is -1.24. The molecule has 0 bridgehead atoms. The molecule has 0 aliphatic carbocycles. The lowest BCUT2D eigenvalue weighted by molar-refractivity contribution is 0.287. The summed E-state index contributed by atoms with van der Waals surface area (Å²) in [6.07, 6.45) is 0. The minimum Gasteiger partial charge on any atom is -0.369 e. The van der Waals surface area contributed by atoms with Crippen LogP contribution < -0.4 is 4.90 Å². The fraction of sp³-hybridized carbons (Fsp3) is 0.417. The zero-order valence-electron chi connectivity index (χ0n) is 9.06. The van der Waals surface area contributed by atoms with E-state index in [4.69, 9.17) is 16.9 Å². The zero-order chi connectivity index (χ0) is 11.4. The van der Waals surface area contributed by atoms with Gasteiger partial charge in [0.05, 0.1) is 12.6 Å². The molecule has 0 radical (unpaired) electrons. The van der Waals surface area contributed by atoms with Gasteiger partial charge in [-0.05, 0) is 18.2 Å². The lowest BCUT2D eigenvalue weighted by Gasteiger charge is -2.34. The van der Waals surface area contributed by atoms with Crippen LogP contribution in [-0.2, 0) is 0 Å². The van der Waals surface area contributed by atoms with Gasteiger partial charge < -0.3 is 4.90 Å². The zero-order valence-corrected chi connectivity index (χ0v) is 9.82. The van der Waals surface area contributed by atoms with Crippen LogP contribution in [0.1, 0.15) is 0 Å². The Morgan fingerprint density at radius 2 is 2.00 bits per heavy atom. The van der Waals surface area contributed by atoms with Crippen molar-refractivity contribution < 1.29 is 0 Å². The summed E-state index contributed by atoms with van der Waals surface area (Å²) in [7, 11) is 0. The predicted octanol–water partition coefficient (Wildman–Crippen LogP) is 1.99. The van der Waals surface area contributed by atoms with Gasteiger partial charge in [-0.2, -0.15) is 5.26 Å². The predicted molar refractivity (Wildman–Crippen MR) is 65.7 cm³/mol. The molecular weight excluding hydrogens is 222 g/mol. The van der Waals surface area contributed by atoms with Crippen molar-refractivity contribution in [1.29, 1.82) is 5.26 Å². The summed E-state index contributed by atoms with van der Waals surface area (Å²) in [6, 6.07) is 10.1. The van der Waals surface area contributed by atoms with Crippen LogP contribution in [0, 0.1) is 11.3 Å². The van der Waals surface area contributed by atoms with E-state index in [1.165, 1.54) is 5.69 Å². The number of hydrogen-bond acceptors (Lipinski definition) is 3. The third-order valence-electron chi connectivity index (χ3n) is 2.84. The van der Waals surface area contributed by atoms with Crippen molar-refractivity contribution in [1.82, 2.24) is 4.90 Å². The number of anilines is 1. The molecule has 1 aliphatic rings. The molecule has 0 saturated carbocycles. The summed E-state index contributed by atoms with van der Waals surface area (Å²) in [5, 5.41) is 9.39. The molecule has 84 valence electrons. The van der Waals surface area contributed by atoms with Crippen LogP contribution in [0.5, 0.6) is 0 Å². The third kappa shape index (κ3) is 2.66. The number of rotatable bonds is 2. The van der Waals surface area contributed by atoms with Gasteiger partial charge in [0.15, 0.2) is 0 Å². The monoisotopic (exact) mass is 235 g/mol. The number of halogens is 1. The molecule has 0 amide bonds. The maximum Gasteiger partial charge on any atom is 0.0867 e. The van der Waals surface area contributed by atoms with Crippen molar-refractivity contribution in [3.05, 3.63) is 29.3 Å². The standard InChI is InChI=1S/C12H14ClN3/c13-11-2-1-3-12(10-11)16-8-6-15(5-4-14)7-9-16/h1-3,10H,5-9H2. The molecular formula is C12H14ClN3. The number of nitriles is 1. The lowest BCUT2D eigenvalue weighted by atomic mass is 10.2. The smallest absolute Gasteiger partial charge is 0.0867 e. The molecule has 0 aromatic heterocycles. The molecule has 0 unspecified atom stereocenters. The van der Waals surface area contributed by atoms with Gasteiger partial charge in [0.2, 0.25) is 0 Å². The second-order valence-electron chi connectivity index (χ2n) is 3.90. The van der Waals surface area contributed by atoms with E-state index in [1.54, 1.807) is 0 Å². The highest BCUT2D eigenvalue weighted by atomic mass is 35.5. The highest BCUT2D eigenvalue weighted by molar-refractivity contribution is 6.30. The highest BCUT2D eigenvalue weighted by Crippen LogP contribution is 2.20. The number of benzene rings is 1. The van der Waals surface area contributed by atoms with E-state index in [-0.39, 0.29) is 0 Å². The molecule has 1 aliphatic heterocycles. The molecule has 0 spiro atoms. The number of piperazine rings is 1. The Labute approximate surface area is 101 Å². The molecule has 4 heteroatoms. The molecule has 0 N–H and O–H groups in total. The molecule has 0 atom stereocenters. The summed E-state index contributed by atoms with van der Waals surface area (Å²) < 4.78 is 0. The summed E-state index contributed by atoms with van der Waals surface area (Å²) in [5.41, 5.74) is 1.17. The van der Waals surface area contributed by atoms with E-state index in [2.05, 4.69) is 21.9 Å². The SMILES string of the molecule is N#CCN1CCN(c2cccc(Cl)c2)CC1. The number of hydrogen-bond donors (Lipinski definition) is 0. The van der Waals surface area contributed by atoms with E-state index >= 15 is 0 Å². The maximum atomic E-state index is 8.62. The van der Waals surface area contributed by atoms with Crippen LogP contribution in [0.15, 0.2) is 24.3 Å². The summed E-state index contributed by atoms with van der Waals surface area (Å²) in [6.45, 7) is 4.34. The van der Waals surface area contributed by atoms with Gasteiger partial charge in [-0.3, -0.25) is 4.90 Å². The van der Waals surface area contributed by atoms with Crippen LogP contribution in [0.25, 0.3) is 0 Å². The van der Waals surface area contributed by atoms with Crippen molar-refractivity contribution in [2.24, 2.45) is 0 Å². The average Bonchev–Trinajstić information content (AvgIpc) is 2.30. The van der Waals surface area contributed by atoms with Crippen molar-refractivity contribution in [2.45, 2.75) is 0 Å². The maximum absolute atomic E-state index is 8.62. The van der Waals surface area contributed by atoms with Gasteiger partial charge in [-0.1, -0.05) is 17.7 Å². The number of nitrogens with zero attached hydrogens (tertiary/aromatic N) is 3. The van der Waals surface area contributed by atoms with Crippen LogP contribution in [0.3, 0.4) is 0 Å². The first-order valence-electron chi connectivity index (χ1n) is 5.39. The largest absolute Gasteiger partial charge is 0.369 e. The van der Waals surface area contributed by atoms with E-state index in [1.807, 2.05) is 18.2 Å². The lowest BCUT2D eigenvalue weighted by Crippen LogP contribution is -2.46. The topological polar surface area (TPSA) is 30.3 Å². The summed E-state index contributed by atoms with van der Waals surface area (Å²) in [5.74, 6) is 0. The molecule has 1 heterocycles. The van der Waals surface area contributed by atoms with Gasteiger partial charge in [0.1, 0.15) is 0 Å². The average molecular weight is 236 g/mol. The first kappa shape index (κ1) is 11.3. The molecule has 16 heavy (non-hydrogen) atoms. The second kappa shape index (κ2) is 5.20. The first-order valence-corrected chi connectivity index (χ1v) is 5.77. The van der Waals surface area contributed by atoms with Gasteiger partial charge in [0.25, 0.3) is 0 Å². The third-order valence-corrected chi connectivity index (χ3v) is 3.08. The molecule has 2 rings (SSSR count). The Morgan fingerprint density at radius 3 is 2.62 bits per heavy atom. The first-order chi connectivity index (χ1) is 7.79. The quantitative estimate of drug-likeness (QED) is 0.735. The Balaban J connectivity index is 1.97. The van der Waals surface area contributed by atoms with E-state index in [0.29, 0.717) is 6.54 Å². The van der Waals surface area contributed by atoms with E-state index in [0.717, 1.165) is 31.2 Å². The van der Waals surface area contributed by atoms with Crippen LogP contribution in [0.4, 0.5) is 5.69 Å². The van der Waals surface area contributed by atoms with Crippen molar-refractivity contribution in [2.75, 3.05) is 37.6 Å². The van der Waals surface area contributed by atoms with Gasteiger partial charge in [0, 0.05) is 36.9 Å². The molecule has 1 saturated heterocycles. The molecule has 3 nitrogen and oxygen atoms in total. The van der Waals surface area contributed by atoms with Crippen LogP contribution in [-0.4, -0.2) is 37.6 Å². The highest BCUT2D eigenvalue weighted by Gasteiger charge is 2.16. The van der Waals surface area contributed by atoms with Crippen LogP contribution >= 0.6 is 11.6 Å². The van der Waals surface area contributed by atoms with Gasteiger partial charge in [-0.15, -0.1) is 0 Å². The minimum absolute atomic E-state index is 0.531. The van der Waals surface area contributed by atoms with Crippen molar-refractivity contribution in [3.63, 3.8) is 0 Å². The normalized spacial score (nSPS) is 17.1.